The van der Waals surface area contributed by atoms with Gasteiger partial charge in [0.25, 0.3) is 5.91 Å². The lowest BCUT2D eigenvalue weighted by molar-refractivity contribution is 0.0940. The summed E-state index contributed by atoms with van der Waals surface area (Å²) >= 11 is 0. The number of fused-ring (bicyclic) bond motifs is 3. The Morgan fingerprint density at radius 1 is 1.20 bits per heavy atom. The van der Waals surface area contributed by atoms with Gasteiger partial charge in [-0.2, -0.15) is 0 Å². The van der Waals surface area contributed by atoms with Crippen molar-refractivity contribution in [3.63, 3.8) is 0 Å². The molecule has 3 heterocycles. The number of hydrogen-bond donors (Lipinski definition) is 1. The first-order chi connectivity index (χ1) is 12.3. The van der Waals surface area contributed by atoms with Crippen LogP contribution >= 0.6 is 0 Å². The van der Waals surface area contributed by atoms with Gasteiger partial charge < -0.3 is 19.5 Å². The van der Waals surface area contributed by atoms with E-state index in [1.165, 1.54) is 32.4 Å². The lowest BCUT2D eigenvalue weighted by atomic mass is 10.0. The Hall–Kier alpha value is -2.34. The molecule has 1 aromatic carbocycles. The fourth-order valence-corrected chi connectivity index (χ4v) is 3.53. The number of nitrogens with zero attached hydrogens (tertiary/aromatic N) is 2. The van der Waals surface area contributed by atoms with E-state index in [4.69, 9.17) is 9.26 Å². The van der Waals surface area contributed by atoms with E-state index in [1.54, 1.807) is 0 Å². The summed E-state index contributed by atoms with van der Waals surface area (Å²) in [5, 5.41) is 6.94. The number of benzene rings is 1. The molecular weight excluding hydrogens is 318 g/mol. The maximum absolute atomic E-state index is 12.4. The summed E-state index contributed by atoms with van der Waals surface area (Å²) in [6.45, 7) is 4.36. The molecule has 1 N–H and O–H groups in total. The molecule has 1 fully saturated rings. The van der Waals surface area contributed by atoms with Crippen LogP contribution in [0.1, 0.15) is 41.7 Å². The molecule has 0 spiro atoms. The molecule has 6 heteroatoms. The normalized spacial score (nSPS) is 16.6. The number of rotatable bonds is 5. The van der Waals surface area contributed by atoms with Crippen molar-refractivity contribution >= 4 is 5.91 Å². The van der Waals surface area contributed by atoms with Crippen LogP contribution < -0.4 is 10.1 Å². The van der Waals surface area contributed by atoms with Gasteiger partial charge in [-0.05, 0) is 51.0 Å². The standard InChI is InChI=1S/C19H23N3O3/c23-19(20-9-6-12-22-10-4-1-5-11-22)17-15-13-24-16-8-3-2-7-14(16)18(15)25-21-17/h2-3,7-8H,1,4-6,9-13H2,(H,20,23). The third-order valence-electron chi connectivity index (χ3n) is 4.89. The number of nitrogens with one attached hydrogen (secondary N) is 1. The summed E-state index contributed by atoms with van der Waals surface area (Å²) in [7, 11) is 0. The summed E-state index contributed by atoms with van der Waals surface area (Å²) in [5.41, 5.74) is 1.91. The Morgan fingerprint density at radius 2 is 2.04 bits per heavy atom. The average Bonchev–Trinajstić information content (AvgIpc) is 3.10. The van der Waals surface area contributed by atoms with E-state index in [1.807, 2.05) is 24.3 Å². The maximum atomic E-state index is 12.4. The van der Waals surface area contributed by atoms with Gasteiger partial charge in [0, 0.05) is 6.54 Å². The number of hydrogen-bond acceptors (Lipinski definition) is 5. The van der Waals surface area contributed by atoms with Crippen molar-refractivity contribution in [2.45, 2.75) is 32.3 Å². The molecule has 6 nitrogen and oxygen atoms in total. The minimum absolute atomic E-state index is 0.188. The SMILES string of the molecule is O=C(NCCCN1CCCCC1)c1noc2c1COc1ccccc1-2. The molecule has 0 unspecified atom stereocenters. The quantitative estimate of drug-likeness (QED) is 0.847. The van der Waals surface area contributed by atoms with Gasteiger partial charge in [0.2, 0.25) is 0 Å². The number of para-hydroxylation sites is 1. The maximum Gasteiger partial charge on any atom is 0.273 e. The lowest BCUT2D eigenvalue weighted by Crippen LogP contribution is -2.33. The van der Waals surface area contributed by atoms with Crippen LogP contribution in [-0.4, -0.2) is 42.1 Å². The van der Waals surface area contributed by atoms with Crippen molar-refractivity contribution in [2.24, 2.45) is 0 Å². The highest BCUT2D eigenvalue weighted by molar-refractivity contribution is 5.95. The Bertz CT molecular complexity index is 750. The highest BCUT2D eigenvalue weighted by atomic mass is 16.5. The minimum Gasteiger partial charge on any atom is -0.488 e. The number of ether oxygens (including phenoxy) is 1. The van der Waals surface area contributed by atoms with Crippen molar-refractivity contribution in [2.75, 3.05) is 26.2 Å². The van der Waals surface area contributed by atoms with E-state index in [0.29, 0.717) is 24.6 Å². The van der Waals surface area contributed by atoms with Crippen molar-refractivity contribution in [3.05, 3.63) is 35.5 Å². The van der Waals surface area contributed by atoms with Crippen LogP contribution in [0.2, 0.25) is 0 Å². The zero-order chi connectivity index (χ0) is 17.1. The van der Waals surface area contributed by atoms with Crippen LogP contribution in [0.5, 0.6) is 5.75 Å². The first-order valence-electron chi connectivity index (χ1n) is 9.04. The summed E-state index contributed by atoms with van der Waals surface area (Å²) in [4.78, 5) is 14.9. The fraction of sp³-hybridized carbons (Fsp3) is 0.474. The van der Waals surface area contributed by atoms with E-state index in [-0.39, 0.29) is 5.91 Å². The Kier molecular flexibility index (Phi) is 4.70. The smallest absolute Gasteiger partial charge is 0.273 e. The Morgan fingerprint density at radius 3 is 2.92 bits per heavy atom. The molecule has 0 aliphatic carbocycles. The minimum atomic E-state index is -0.188. The van der Waals surface area contributed by atoms with E-state index in [2.05, 4.69) is 15.4 Å². The highest BCUT2D eigenvalue weighted by Crippen LogP contribution is 2.38. The van der Waals surface area contributed by atoms with Crippen LogP contribution in [0, 0.1) is 0 Å². The Labute approximate surface area is 147 Å². The first-order valence-corrected chi connectivity index (χ1v) is 9.04. The summed E-state index contributed by atoms with van der Waals surface area (Å²) < 4.78 is 11.2. The molecule has 132 valence electrons. The average molecular weight is 341 g/mol. The molecule has 1 aromatic heterocycles. The zero-order valence-electron chi connectivity index (χ0n) is 14.3. The van der Waals surface area contributed by atoms with Crippen molar-refractivity contribution in [1.29, 1.82) is 0 Å². The van der Waals surface area contributed by atoms with Gasteiger partial charge >= 0.3 is 0 Å². The highest BCUT2D eigenvalue weighted by Gasteiger charge is 2.28. The summed E-state index contributed by atoms with van der Waals surface area (Å²) in [6, 6.07) is 7.64. The zero-order valence-corrected chi connectivity index (χ0v) is 14.3. The Balaban J connectivity index is 1.35. The molecule has 4 rings (SSSR count). The van der Waals surface area contributed by atoms with Crippen LogP contribution in [-0.2, 0) is 6.61 Å². The second-order valence-electron chi connectivity index (χ2n) is 6.64. The molecule has 0 radical (unpaired) electrons. The second-order valence-corrected chi connectivity index (χ2v) is 6.64. The van der Waals surface area contributed by atoms with Gasteiger partial charge in [-0.25, -0.2) is 0 Å². The number of carbonyl (C=O) groups is 1. The fourth-order valence-electron chi connectivity index (χ4n) is 3.53. The molecule has 0 saturated carbocycles. The molecule has 25 heavy (non-hydrogen) atoms. The summed E-state index contributed by atoms with van der Waals surface area (Å²) in [6.07, 6.45) is 4.87. The molecule has 2 aliphatic rings. The van der Waals surface area contributed by atoms with Gasteiger partial charge in [-0.15, -0.1) is 0 Å². The number of likely N-dealkylation sites (tertiary alicyclic amines) is 1. The van der Waals surface area contributed by atoms with Gasteiger partial charge in [0.05, 0.1) is 11.1 Å². The van der Waals surface area contributed by atoms with Crippen molar-refractivity contribution in [3.8, 4) is 17.1 Å². The number of piperidine rings is 1. The summed E-state index contributed by atoms with van der Waals surface area (Å²) in [5.74, 6) is 1.21. The van der Waals surface area contributed by atoms with E-state index in [0.717, 1.165) is 29.8 Å². The van der Waals surface area contributed by atoms with Gasteiger partial charge in [-0.3, -0.25) is 4.79 Å². The van der Waals surface area contributed by atoms with E-state index >= 15 is 0 Å². The molecule has 1 saturated heterocycles. The first kappa shape index (κ1) is 16.1. The number of carbonyl (C=O) groups excluding carboxylic acids is 1. The van der Waals surface area contributed by atoms with Crippen LogP contribution in [0.25, 0.3) is 11.3 Å². The van der Waals surface area contributed by atoms with Crippen molar-refractivity contribution in [1.82, 2.24) is 15.4 Å². The third-order valence-corrected chi connectivity index (χ3v) is 4.89. The molecule has 0 bridgehead atoms. The molecule has 1 amide bonds. The monoisotopic (exact) mass is 341 g/mol. The van der Waals surface area contributed by atoms with Crippen molar-refractivity contribution < 1.29 is 14.1 Å². The predicted octanol–water partition coefficient (Wildman–Crippen LogP) is 2.84. The lowest BCUT2D eigenvalue weighted by Gasteiger charge is -2.26. The number of aromatic nitrogens is 1. The van der Waals surface area contributed by atoms with Gasteiger partial charge in [-0.1, -0.05) is 23.7 Å². The third kappa shape index (κ3) is 3.39. The van der Waals surface area contributed by atoms with E-state index < -0.39 is 0 Å². The second kappa shape index (κ2) is 7.27. The van der Waals surface area contributed by atoms with Crippen LogP contribution in [0.3, 0.4) is 0 Å². The van der Waals surface area contributed by atoms with Crippen LogP contribution in [0.15, 0.2) is 28.8 Å². The molecule has 0 atom stereocenters. The molecule has 2 aromatic rings. The van der Waals surface area contributed by atoms with Gasteiger partial charge in [0.15, 0.2) is 11.5 Å². The topological polar surface area (TPSA) is 67.6 Å². The molecular formula is C19H23N3O3. The van der Waals surface area contributed by atoms with E-state index in [9.17, 15) is 4.79 Å². The van der Waals surface area contributed by atoms with Crippen LogP contribution in [0.4, 0.5) is 0 Å². The largest absolute Gasteiger partial charge is 0.488 e. The molecule has 2 aliphatic heterocycles. The number of amides is 1. The predicted molar refractivity (Wildman–Crippen MR) is 93.5 cm³/mol. The van der Waals surface area contributed by atoms with Gasteiger partial charge in [0.1, 0.15) is 12.4 Å².